The summed E-state index contributed by atoms with van der Waals surface area (Å²) in [6, 6.07) is 9.56. The van der Waals surface area contributed by atoms with Gasteiger partial charge in [0.05, 0.1) is 25.3 Å². The van der Waals surface area contributed by atoms with Crippen LogP contribution >= 0.6 is 0 Å². The number of nitrogens with zero attached hydrogens (tertiary/aromatic N) is 5. The van der Waals surface area contributed by atoms with Crippen LogP contribution in [0.1, 0.15) is 44.9 Å². The number of anilines is 1. The molecule has 2 aromatic carbocycles. The molecule has 3 aromatic rings. The fourth-order valence-electron chi connectivity index (χ4n) is 5.86. The van der Waals surface area contributed by atoms with E-state index in [1.807, 2.05) is 23.7 Å². The van der Waals surface area contributed by atoms with E-state index in [0.717, 1.165) is 17.5 Å². The topological polar surface area (TPSA) is 83.7 Å². The smallest absolute Gasteiger partial charge is 0.386 e. The number of likely N-dealkylation sites (tertiary alicyclic amines) is 1. The van der Waals surface area contributed by atoms with Crippen LogP contribution in [0.25, 0.3) is 0 Å². The first-order chi connectivity index (χ1) is 19.4. The Kier molecular flexibility index (Phi) is 6.66. The van der Waals surface area contributed by atoms with Gasteiger partial charge in [-0.05, 0) is 41.0 Å². The van der Waals surface area contributed by atoms with Crippen LogP contribution in [0.4, 0.5) is 27.6 Å². The standard InChI is InChI=1S/C28H28F5N5O3/c1-36-16-34-35-24(36)10-26(14-41-15-26)18-3-2-4-19(9-18)38-12-21-20(25(38)40)7-17(8-22(21)28(31,32)33)11-37-6-5-27(29,30)23(39)13-37/h2-4,7-9,16,23,39H,5-6,10-15H2,1H3. The van der Waals surface area contributed by atoms with E-state index in [-0.39, 0.29) is 42.9 Å². The minimum Gasteiger partial charge on any atom is -0.386 e. The van der Waals surface area contributed by atoms with Gasteiger partial charge in [-0.3, -0.25) is 9.69 Å². The van der Waals surface area contributed by atoms with Crippen LogP contribution in [-0.2, 0) is 42.9 Å². The number of hydrogen-bond acceptors (Lipinski definition) is 6. The van der Waals surface area contributed by atoms with Crippen molar-refractivity contribution in [2.45, 2.75) is 49.5 Å². The van der Waals surface area contributed by atoms with E-state index in [0.29, 0.717) is 25.3 Å². The Labute approximate surface area is 232 Å². The summed E-state index contributed by atoms with van der Waals surface area (Å²) in [4.78, 5) is 16.4. The third-order valence-electron chi connectivity index (χ3n) is 8.32. The molecule has 6 rings (SSSR count). The highest BCUT2D eigenvalue weighted by Crippen LogP contribution is 2.42. The molecular weight excluding hydrogens is 549 g/mol. The first kappa shape index (κ1) is 27.7. The summed E-state index contributed by atoms with van der Waals surface area (Å²) in [5, 5.41) is 17.9. The summed E-state index contributed by atoms with van der Waals surface area (Å²) in [5.41, 5.74) is -0.00883. The number of alkyl halides is 5. The maximum absolute atomic E-state index is 14.2. The second kappa shape index (κ2) is 9.85. The summed E-state index contributed by atoms with van der Waals surface area (Å²) in [6.07, 6.45) is -5.09. The Bertz CT molecular complexity index is 1490. The van der Waals surface area contributed by atoms with Crippen molar-refractivity contribution >= 4 is 11.6 Å². The number of carbonyl (C=O) groups is 1. The number of β-amino-alcohol motifs (C(OH)–C–C–N with tert-alkyl or cyclic N) is 1. The second-order valence-electron chi connectivity index (χ2n) is 11.2. The van der Waals surface area contributed by atoms with Crippen LogP contribution in [-0.4, -0.2) is 69.0 Å². The third-order valence-corrected chi connectivity index (χ3v) is 8.32. The lowest BCUT2D eigenvalue weighted by Gasteiger charge is -2.42. The summed E-state index contributed by atoms with van der Waals surface area (Å²) in [5.74, 6) is -3.05. The molecule has 0 aliphatic carbocycles. The first-order valence-electron chi connectivity index (χ1n) is 13.2. The lowest BCUT2D eigenvalue weighted by molar-refractivity contribution is -0.148. The summed E-state index contributed by atoms with van der Waals surface area (Å²) in [6.45, 7) is 0.0324. The van der Waals surface area contributed by atoms with Gasteiger partial charge >= 0.3 is 6.18 Å². The minimum absolute atomic E-state index is 0.0658. The average Bonchev–Trinajstić information content (AvgIpc) is 3.45. The van der Waals surface area contributed by atoms with E-state index in [4.69, 9.17) is 4.74 Å². The number of fused-ring (bicyclic) bond motifs is 1. The van der Waals surface area contributed by atoms with Crippen molar-refractivity contribution in [2.24, 2.45) is 7.05 Å². The largest absolute Gasteiger partial charge is 0.416 e. The summed E-state index contributed by atoms with van der Waals surface area (Å²) < 4.78 is 77.4. The third kappa shape index (κ3) is 4.99. The number of hydrogen-bond donors (Lipinski definition) is 1. The molecule has 0 saturated carbocycles. The SMILES string of the molecule is Cn1cnnc1CC1(c2cccc(N3Cc4c(cc(CN5CCC(F)(F)C(O)C5)cc4C(F)(F)F)C3=O)c2)COC1. The van der Waals surface area contributed by atoms with Gasteiger partial charge < -0.3 is 19.3 Å². The number of benzene rings is 2. The number of piperidine rings is 1. The summed E-state index contributed by atoms with van der Waals surface area (Å²) in [7, 11) is 1.84. The maximum Gasteiger partial charge on any atom is 0.416 e. The molecule has 0 spiro atoms. The van der Waals surface area contributed by atoms with Crippen LogP contribution in [0.3, 0.4) is 0 Å². The molecule has 218 valence electrons. The predicted molar refractivity (Wildman–Crippen MR) is 136 cm³/mol. The van der Waals surface area contributed by atoms with Crippen molar-refractivity contribution in [3.05, 3.63) is 76.4 Å². The van der Waals surface area contributed by atoms with E-state index in [1.165, 1.54) is 15.9 Å². The van der Waals surface area contributed by atoms with Crippen LogP contribution in [0.2, 0.25) is 0 Å². The quantitative estimate of drug-likeness (QED) is 0.450. The monoisotopic (exact) mass is 577 g/mol. The van der Waals surface area contributed by atoms with Crippen molar-refractivity contribution < 1.29 is 36.6 Å². The lowest BCUT2D eigenvalue weighted by atomic mass is 9.75. The number of aryl methyl sites for hydroxylation is 1. The molecule has 1 aromatic heterocycles. The molecule has 41 heavy (non-hydrogen) atoms. The van der Waals surface area contributed by atoms with Gasteiger partial charge in [-0.25, -0.2) is 8.78 Å². The lowest BCUT2D eigenvalue weighted by Crippen LogP contribution is -2.50. The van der Waals surface area contributed by atoms with Gasteiger partial charge in [-0.2, -0.15) is 13.2 Å². The summed E-state index contributed by atoms with van der Waals surface area (Å²) >= 11 is 0. The number of rotatable bonds is 6. The Morgan fingerprint density at radius 3 is 2.59 bits per heavy atom. The van der Waals surface area contributed by atoms with E-state index in [2.05, 4.69) is 10.2 Å². The molecule has 3 aliphatic heterocycles. The van der Waals surface area contributed by atoms with Crippen molar-refractivity contribution in [3.63, 3.8) is 0 Å². The van der Waals surface area contributed by atoms with E-state index < -0.39 is 41.5 Å². The molecule has 1 amide bonds. The highest BCUT2D eigenvalue weighted by atomic mass is 19.4. The molecule has 3 aliphatic rings. The molecule has 0 radical (unpaired) electrons. The Hall–Kier alpha value is -3.42. The van der Waals surface area contributed by atoms with Crippen LogP contribution < -0.4 is 4.90 Å². The van der Waals surface area contributed by atoms with Gasteiger partial charge in [-0.1, -0.05) is 12.1 Å². The van der Waals surface area contributed by atoms with Crippen molar-refractivity contribution in [2.75, 3.05) is 31.2 Å². The molecule has 4 heterocycles. The van der Waals surface area contributed by atoms with Gasteiger partial charge in [0.15, 0.2) is 0 Å². The zero-order valence-electron chi connectivity index (χ0n) is 22.2. The van der Waals surface area contributed by atoms with Crippen LogP contribution in [0, 0.1) is 0 Å². The minimum atomic E-state index is -4.73. The molecule has 1 N–H and O–H groups in total. The molecular formula is C28H28F5N5O3. The highest BCUT2D eigenvalue weighted by molar-refractivity contribution is 6.10. The van der Waals surface area contributed by atoms with E-state index in [1.54, 1.807) is 18.5 Å². The second-order valence-corrected chi connectivity index (χ2v) is 11.2. The Morgan fingerprint density at radius 2 is 1.95 bits per heavy atom. The van der Waals surface area contributed by atoms with Crippen LogP contribution in [0.5, 0.6) is 0 Å². The van der Waals surface area contributed by atoms with E-state index >= 15 is 0 Å². The molecule has 2 saturated heterocycles. The number of aromatic nitrogens is 3. The molecule has 13 heteroatoms. The van der Waals surface area contributed by atoms with E-state index in [9.17, 15) is 31.9 Å². The number of carbonyl (C=O) groups excluding carboxylic acids is 1. The van der Waals surface area contributed by atoms with Gasteiger partial charge in [0.25, 0.3) is 11.8 Å². The number of ether oxygens (including phenoxy) is 1. The van der Waals surface area contributed by atoms with Gasteiger partial charge in [-0.15, -0.1) is 10.2 Å². The van der Waals surface area contributed by atoms with Crippen LogP contribution in [0.15, 0.2) is 42.7 Å². The highest BCUT2D eigenvalue weighted by Gasteiger charge is 2.45. The molecule has 1 atom stereocenters. The predicted octanol–water partition coefficient (Wildman–Crippen LogP) is 3.71. The van der Waals surface area contributed by atoms with Gasteiger partial charge in [0.1, 0.15) is 18.3 Å². The Morgan fingerprint density at radius 1 is 1.17 bits per heavy atom. The average molecular weight is 578 g/mol. The number of amides is 1. The van der Waals surface area contributed by atoms with Crippen molar-refractivity contribution in [1.29, 1.82) is 0 Å². The fourth-order valence-corrected chi connectivity index (χ4v) is 5.86. The van der Waals surface area contributed by atoms with Gasteiger partial charge in [0.2, 0.25) is 0 Å². The zero-order chi connectivity index (χ0) is 29.2. The first-order valence-corrected chi connectivity index (χ1v) is 13.2. The number of aliphatic hydroxyl groups is 1. The number of halogens is 5. The molecule has 2 fully saturated rings. The maximum atomic E-state index is 14.2. The fraction of sp³-hybridized carbons (Fsp3) is 0.464. The Balaban J connectivity index is 1.29. The van der Waals surface area contributed by atoms with Gasteiger partial charge in [0, 0.05) is 56.2 Å². The normalized spacial score (nSPS) is 22.1. The molecule has 8 nitrogen and oxygen atoms in total. The molecule has 1 unspecified atom stereocenters. The van der Waals surface area contributed by atoms with Crippen molar-refractivity contribution in [3.8, 4) is 0 Å². The molecule has 0 bridgehead atoms. The number of aliphatic hydroxyl groups excluding tert-OH is 1. The van der Waals surface area contributed by atoms with Crippen molar-refractivity contribution in [1.82, 2.24) is 19.7 Å². The zero-order valence-corrected chi connectivity index (χ0v) is 22.2.